The van der Waals surface area contributed by atoms with Gasteiger partial charge in [0.15, 0.2) is 0 Å². The van der Waals surface area contributed by atoms with E-state index in [4.69, 9.17) is 16.3 Å². The number of fused-ring (bicyclic) bond motifs is 2. The highest BCUT2D eigenvalue weighted by Gasteiger charge is 2.50. The summed E-state index contributed by atoms with van der Waals surface area (Å²) in [5.41, 5.74) is 1.20. The molecule has 16 heteroatoms. The highest BCUT2D eigenvalue weighted by Crippen LogP contribution is 2.40. The molecule has 4 aromatic heterocycles. The maximum atomic E-state index is 14.1. The van der Waals surface area contributed by atoms with Gasteiger partial charge in [0, 0.05) is 53.4 Å². The molecule has 1 saturated heterocycles. The minimum atomic E-state index is -4.46. The molecule has 1 aliphatic heterocycles. The van der Waals surface area contributed by atoms with Crippen molar-refractivity contribution in [1.29, 1.82) is 5.26 Å². The van der Waals surface area contributed by atoms with Crippen LogP contribution in [-0.2, 0) is 6.54 Å². The molecule has 0 radical (unpaired) electrons. The summed E-state index contributed by atoms with van der Waals surface area (Å²) in [4.78, 5) is 41.6. The quantitative estimate of drug-likeness (QED) is 0.208. The number of halogens is 4. The van der Waals surface area contributed by atoms with Crippen LogP contribution in [0.25, 0.3) is 32.2 Å². The molecule has 1 unspecified atom stereocenters. The van der Waals surface area contributed by atoms with Gasteiger partial charge in [-0.15, -0.1) is 11.3 Å². The van der Waals surface area contributed by atoms with E-state index in [1.807, 2.05) is 6.07 Å². The van der Waals surface area contributed by atoms with E-state index >= 15 is 0 Å². The third-order valence-electron chi connectivity index (χ3n) is 8.89. The molecule has 1 aromatic carbocycles. The number of alkyl halides is 3. The molecular weight excluding hydrogens is 683 g/mol. The highest BCUT2D eigenvalue weighted by atomic mass is 35.5. The lowest BCUT2D eigenvalue weighted by Gasteiger charge is -2.42. The van der Waals surface area contributed by atoms with Crippen molar-refractivity contribution in [3.63, 3.8) is 0 Å². The van der Waals surface area contributed by atoms with Crippen LogP contribution >= 0.6 is 22.9 Å². The van der Waals surface area contributed by atoms with Crippen LogP contribution in [0.4, 0.5) is 19.0 Å². The predicted molar refractivity (Wildman–Crippen MR) is 178 cm³/mol. The summed E-state index contributed by atoms with van der Waals surface area (Å²) in [5, 5.41) is 21.7. The monoisotopic (exact) mass is 709 g/mol. The molecule has 11 nitrogen and oxygen atoms in total. The number of rotatable bonds is 8. The highest BCUT2D eigenvalue weighted by molar-refractivity contribution is 7.18. The van der Waals surface area contributed by atoms with Crippen LogP contribution in [0.3, 0.4) is 0 Å². The van der Waals surface area contributed by atoms with E-state index in [1.54, 1.807) is 31.2 Å². The Morgan fingerprint density at radius 2 is 2.00 bits per heavy atom. The number of nitrogens with zero attached hydrogens (tertiary/aromatic N) is 7. The van der Waals surface area contributed by atoms with Gasteiger partial charge in [-0.3, -0.25) is 19.2 Å². The molecule has 2 fully saturated rings. The number of anilines is 1. The number of aromatic nitrogens is 4. The number of carbonyl (C=O) groups is 1. The van der Waals surface area contributed by atoms with E-state index in [9.17, 15) is 33.1 Å². The molecule has 252 valence electrons. The SMILES string of the molecule is Cc1nc2cnc(N3CCN(C4CC4)C(C(F)(F)F)C3)c(C#N)c2c(=O)n1CCOc1ccc(Cl)cc1-c1ccnc2c(C(=O)O)csc12. The number of aromatic carboxylic acids is 1. The fourth-order valence-electron chi connectivity index (χ4n) is 6.42. The van der Waals surface area contributed by atoms with Gasteiger partial charge >= 0.3 is 12.1 Å². The standard InChI is InChI=1S/C33H27ClF3N7O4S/c1-17-41-24-14-40-30(42-8-9-44(19-3-4-19)26(15-42)33(35,36)37)22(13-38)27(24)31(45)43(17)10-11-48-25-5-2-18(34)12-21(25)20-6-7-39-28-23(32(46)47)16-49-29(20)28/h2,5-7,12,14,16,19,26H,3-4,8-11,15H2,1H3,(H,46,47). The first kappa shape index (κ1) is 32.8. The first-order chi connectivity index (χ1) is 23.5. The summed E-state index contributed by atoms with van der Waals surface area (Å²) in [6.45, 7) is 1.65. The summed E-state index contributed by atoms with van der Waals surface area (Å²) < 4.78 is 50.4. The van der Waals surface area contributed by atoms with Gasteiger partial charge in [-0.25, -0.2) is 14.8 Å². The van der Waals surface area contributed by atoms with Crippen molar-refractivity contribution < 1.29 is 27.8 Å². The molecule has 1 N–H and O–H groups in total. The smallest absolute Gasteiger partial charge is 0.405 e. The van der Waals surface area contributed by atoms with Gasteiger partial charge in [0.1, 0.15) is 41.7 Å². The Hall–Kier alpha value is -4.78. The molecule has 1 aliphatic carbocycles. The fraction of sp³-hybridized carbons (Fsp3) is 0.333. The summed E-state index contributed by atoms with van der Waals surface area (Å²) in [6.07, 6.45) is -0.167. The number of carboxylic acids is 1. The largest absolute Gasteiger partial charge is 0.491 e. The fourth-order valence-corrected chi connectivity index (χ4v) is 7.62. The van der Waals surface area contributed by atoms with Crippen molar-refractivity contribution in [1.82, 2.24) is 24.4 Å². The lowest BCUT2D eigenvalue weighted by Crippen LogP contribution is -2.60. The molecule has 5 heterocycles. The molecule has 5 aromatic rings. The zero-order valence-electron chi connectivity index (χ0n) is 25.9. The lowest BCUT2D eigenvalue weighted by molar-refractivity contribution is -0.186. The maximum Gasteiger partial charge on any atom is 0.405 e. The summed E-state index contributed by atoms with van der Waals surface area (Å²) in [7, 11) is 0. The number of benzene rings is 1. The van der Waals surface area contributed by atoms with Crippen LogP contribution in [0.15, 0.2) is 46.8 Å². The number of hydrogen-bond donors (Lipinski definition) is 1. The van der Waals surface area contributed by atoms with Crippen molar-refractivity contribution in [3.05, 3.63) is 74.4 Å². The molecule has 0 bridgehead atoms. The molecule has 7 rings (SSSR count). The number of ether oxygens (including phenoxy) is 1. The third-order valence-corrected chi connectivity index (χ3v) is 10.1. The second kappa shape index (κ2) is 12.6. The van der Waals surface area contributed by atoms with Gasteiger partial charge < -0.3 is 14.7 Å². The number of carboxylic acid groups (broad SMARTS) is 1. The van der Waals surface area contributed by atoms with Gasteiger partial charge in [0.2, 0.25) is 0 Å². The third kappa shape index (κ3) is 6.04. The van der Waals surface area contributed by atoms with Gasteiger partial charge in [-0.2, -0.15) is 18.4 Å². The van der Waals surface area contributed by atoms with Crippen LogP contribution in [0, 0.1) is 18.3 Å². The summed E-state index contributed by atoms with van der Waals surface area (Å²) in [5.74, 6) is -0.302. The number of pyridine rings is 2. The van der Waals surface area contributed by atoms with Crippen molar-refractivity contribution in [3.8, 4) is 22.9 Å². The number of nitriles is 1. The number of aryl methyl sites for hydroxylation is 1. The molecular formula is C33H27ClF3N7O4S. The van der Waals surface area contributed by atoms with E-state index < -0.39 is 30.3 Å². The molecule has 1 atom stereocenters. The van der Waals surface area contributed by atoms with E-state index in [2.05, 4.69) is 15.0 Å². The lowest BCUT2D eigenvalue weighted by atomic mass is 10.0. The van der Waals surface area contributed by atoms with Crippen LogP contribution in [-0.4, -0.2) is 80.0 Å². The predicted octanol–water partition coefficient (Wildman–Crippen LogP) is 5.89. The van der Waals surface area contributed by atoms with Crippen LogP contribution in [0.2, 0.25) is 5.02 Å². The topological polar surface area (TPSA) is 137 Å². The van der Waals surface area contributed by atoms with Gasteiger partial charge in [-0.1, -0.05) is 11.6 Å². The van der Waals surface area contributed by atoms with Gasteiger partial charge in [0.05, 0.1) is 39.4 Å². The van der Waals surface area contributed by atoms with E-state index in [0.717, 1.165) is 12.8 Å². The second-order valence-electron chi connectivity index (χ2n) is 11.9. The van der Waals surface area contributed by atoms with E-state index in [1.165, 1.54) is 43.5 Å². The Morgan fingerprint density at radius 3 is 2.71 bits per heavy atom. The summed E-state index contributed by atoms with van der Waals surface area (Å²) >= 11 is 7.58. The Balaban J connectivity index is 1.18. The first-order valence-electron chi connectivity index (χ1n) is 15.4. The Bertz CT molecular complexity index is 2230. The van der Waals surface area contributed by atoms with Crippen LogP contribution < -0.4 is 15.2 Å². The van der Waals surface area contributed by atoms with E-state index in [0.29, 0.717) is 37.9 Å². The van der Waals surface area contributed by atoms with Crippen molar-refractivity contribution in [2.75, 3.05) is 31.1 Å². The molecule has 0 spiro atoms. The normalized spacial score (nSPS) is 17.1. The van der Waals surface area contributed by atoms with Crippen LogP contribution in [0.5, 0.6) is 5.75 Å². The van der Waals surface area contributed by atoms with Crippen molar-refractivity contribution in [2.24, 2.45) is 0 Å². The Kier molecular flexibility index (Phi) is 8.42. The maximum absolute atomic E-state index is 14.1. The minimum Gasteiger partial charge on any atom is -0.491 e. The number of thiophene rings is 1. The molecule has 2 aliphatic rings. The van der Waals surface area contributed by atoms with E-state index in [-0.39, 0.29) is 60.1 Å². The minimum absolute atomic E-state index is 0.00216. The van der Waals surface area contributed by atoms with Crippen LogP contribution in [0.1, 0.15) is 34.6 Å². The second-order valence-corrected chi connectivity index (χ2v) is 13.2. The zero-order chi connectivity index (χ0) is 34.6. The molecule has 49 heavy (non-hydrogen) atoms. The molecule has 1 saturated carbocycles. The first-order valence-corrected chi connectivity index (χ1v) is 16.6. The van der Waals surface area contributed by atoms with Crippen molar-refractivity contribution in [2.45, 2.75) is 44.6 Å². The molecule has 0 amide bonds. The number of hydrogen-bond acceptors (Lipinski definition) is 10. The Morgan fingerprint density at radius 1 is 1.20 bits per heavy atom. The van der Waals surface area contributed by atoms with Gasteiger partial charge in [0.25, 0.3) is 5.56 Å². The van der Waals surface area contributed by atoms with Crippen molar-refractivity contribution >= 4 is 55.8 Å². The summed E-state index contributed by atoms with van der Waals surface area (Å²) in [6, 6.07) is 6.98. The Labute approximate surface area is 285 Å². The zero-order valence-corrected chi connectivity index (χ0v) is 27.4. The number of piperazine rings is 1. The average Bonchev–Trinajstić information content (AvgIpc) is 3.82. The van der Waals surface area contributed by atoms with Gasteiger partial charge in [-0.05, 0) is 44.0 Å². The average molecular weight is 710 g/mol.